The third kappa shape index (κ3) is 5.45. The minimum Gasteiger partial charge on any atom is -0.493 e. The Labute approximate surface area is 158 Å². The fourth-order valence-corrected chi connectivity index (χ4v) is 2.31. The van der Waals surface area contributed by atoms with Crippen LogP contribution in [-0.2, 0) is 0 Å². The highest BCUT2D eigenvalue weighted by Gasteiger charge is 2.16. The maximum atomic E-state index is 12.6. The van der Waals surface area contributed by atoms with Crippen molar-refractivity contribution in [2.45, 2.75) is 0 Å². The van der Waals surface area contributed by atoms with E-state index in [9.17, 15) is 4.79 Å². The van der Waals surface area contributed by atoms with Crippen molar-refractivity contribution in [3.63, 3.8) is 0 Å². The molecule has 0 radical (unpaired) electrons. The predicted molar refractivity (Wildman–Crippen MR) is 103 cm³/mol. The van der Waals surface area contributed by atoms with E-state index in [4.69, 9.17) is 14.2 Å². The summed E-state index contributed by atoms with van der Waals surface area (Å²) in [7, 11) is 8.50. The summed E-state index contributed by atoms with van der Waals surface area (Å²) < 4.78 is 15.9. The molecule has 2 rings (SSSR count). The quantitative estimate of drug-likeness (QED) is 0.684. The van der Waals surface area contributed by atoms with Crippen LogP contribution < -0.4 is 24.8 Å². The Balaban J connectivity index is 2.15. The highest BCUT2D eigenvalue weighted by Crippen LogP contribution is 2.39. The van der Waals surface area contributed by atoms with Crippen molar-refractivity contribution in [3.8, 4) is 17.2 Å². The van der Waals surface area contributed by atoms with Crippen LogP contribution in [0.1, 0.15) is 10.5 Å². The average molecular weight is 375 g/mol. The highest BCUT2D eigenvalue weighted by atomic mass is 16.5. The Morgan fingerprint density at radius 3 is 2.33 bits per heavy atom. The van der Waals surface area contributed by atoms with Crippen molar-refractivity contribution in [1.29, 1.82) is 0 Å². The van der Waals surface area contributed by atoms with Gasteiger partial charge in [-0.2, -0.15) is 0 Å². The second-order valence-electron chi connectivity index (χ2n) is 5.86. The Hall–Kier alpha value is -3.07. The first kappa shape index (κ1) is 20.2. The van der Waals surface area contributed by atoms with E-state index in [1.54, 1.807) is 18.2 Å². The highest BCUT2D eigenvalue weighted by molar-refractivity contribution is 6.03. The van der Waals surface area contributed by atoms with Crippen molar-refractivity contribution in [1.82, 2.24) is 14.9 Å². The van der Waals surface area contributed by atoms with Crippen LogP contribution in [-0.4, -0.2) is 69.3 Å². The number of nitrogens with zero attached hydrogens (tertiary/aromatic N) is 3. The number of carbonyl (C=O) groups excluding carboxylic acids is 1. The molecular formula is C18H25N5O4. The van der Waals surface area contributed by atoms with Gasteiger partial charge in [0.2, 0.25) is 11.7 Å². The van der Waals surface area contributed by atoms with Crippen molar-refractivity contribution < 1.29 is 19.0 Å². The fraction of sp³-hybridized carbons (Fsp3) is 0.389. The molecule has 27 heavy (non-hydrogen) atoms. The molecular weight excluding hydrogens is 350 g/mol. The second-order valence-corrected chi connectivity index (χ2v) is 5.86. The third-order valence-corrected chi connectivity index (χ3v) is 3.65. The van der Waals surface area contributed by atoms with Gasteiger partial charge in [0.15, 0.2) is 11.5 Å². The molecule has 1 heterocycles. The van der Waals surface area contributed by atoms with E-state index in [1.807, 2.05) is 19.0 Å². The molecule has 1 aromatic heterocycles. The normalized spacial score (nSPS) is 10.4. The van der Waals surface area contributed by atoms with Gasteiger partial charge in [-0.25, -0.2) is 9.97 Å². The number of likely N-dealkylation sites (N-methyl/N-ethyl adjacent to an activating group) is 1. The number of amides is 1. The first-order valence-electron chi connectivity index (χ1n) is 8.31. The van der Waals surface area contributed by atoms with Gasteiger partial charge in [-0.1, -0.05) is 0 Å². The molecule has 146 valence electrons. The number of aromatic nitrogens is 2. The van der Waals surface area contributed by atoms with Crippen molar-refractivity contribution >= 4 is 17.5 Å². The van der Waals surface area contributed by atoms with Crippen molar-refractivity contribution in [2.24, 2.45) is 0 Å². The molecule has 0 unspecified atom stereocenters. The van der Waals surface area contributed by atoms with Crippen LogP contribution in [0.25, 0.3) is 0 Å². The number of ether oxygens (including phenoxy) is 3. The second kappa shape index (κ2) is 9.58. The summed E-state index contributed by atoms with van der Waals surface area (Å²) in [6, 6.07) is 4.85. The molecule has 2 aromatic rings. The predicted octanol–water partition coefficient (Wildman–Crippen LogP) is 1.73. The van der Waals surface area contributed by atoms with Gasteiger partial charge in [0.1, 0.15) is 5.69 Å². The average Bonchev–Trinajstić information content (AvgIpc) is 2.67. The molecule has 0 atom stereocenters. The van der Waals surface area contributed by atoms with Gasteiger partial charge in [0, 0.05) is 37.1 Å². The van der Waals surface area contributed by atoms with Gasteiger partial charge in [-0.05, 0) is 20.2 Å². The Morgan fingerprint density at radius 2 is 1.78 bits per heavy atom. The summed E-state index contributed by atoms with van der Waals surface area (Å²) in [5, 5.41) is 5.87. The molecule has 2 N–H and O–H groups in total. The van der Waals surface area contributed by atoms with E-state index < -0.39 is 0 Å². The third-order valence-electron chi connectivity index (χ3n) is 3.65. The lowest BCUT2D eigenvalue weighted by Crippen LogP contribution is -2.22. The molecule has 0 aliphatic heterocycles. The first-order chi connectivity index (χ1) is 13.0. The van der Waals surface area contributed by atoms with Gasteiger partial charge in [-0.3, -0.25) is 4.79 Å². The summed E-state index contributed by atoms with van der Waals surface area (Å²) in [5.41, 5.74) is 0.737. The Bertz CT molecular complexity index is 757. The van der Waals surface area contributed by atoms with E-state index in [0.717, 1.165) is 6.54 Å². The largest absolute Gasteiger partial charge is 0.493 e. The maximum Gasteiger partial charge on any atom is 0.274 e. The molecule has 0 spiro atoms. The van der Waals surface area contributed by atoms with Gasteiger partial charge < -0.3 is 29.7 Å². The van der Waals surface area contributed by atoms with Crippen LogP contribution in [0.4, 0.5) is 11.6 Å². The molecule has 1 amide bonds. The minimum atomic E-state index is -0.373. The number of benzene rings is 1. The van der Waals surface area contributed by atoms with Gasteiger partial charge in [-0.15, -0.1) is 0 Å². The summed E-state index contributed by atoms with van der Waals surface area (Å²) >= 11 is 0. The fourth-order valence-electron chi connectivity index (χ4n) is 2.31. The minimum absolute atomic E-state index is 0.242. The lowest BCUT2D eigenvalue weighted by Gasteiger charge is -2.14. The van der Waals surface area contributed by atoms with Crippen LogP contribution in [0.5, 0.6) is 17.2 Å². The lowest BCUT2D eigenvalue weighted by molar-refractivity contribution is 0.102. The van der Waals surface area contributed by atoms with Crippen LogP contribution >= 0.6 is 0 Å². The summed E-state index contributed by atoms with van der Waals surface area (Å²) in [6.07, 6.45) is 1.54. The zero-order valence-corrected chi connectivity index (χ0v) is 16.2. The molecule has 0 aliphatic carbocycles. The molecule has 0 saturated heterocycles. The molecule has 9 nitrogen and oxygen atoms in total. The molecule has 1 aromatic carbocycles. The molecule has 0 bridgehead atoms. The number of hydrogen-bond acceptors (Lipinski definition) is 8. The van der Waals surface area contributed by atoms with E-state index in [0.29, 0.717) is 35.4 Å². The summed E-state index contributed by atoms with van der Waals surface area (Å²) in [6.45, 7) is 1.50. The van der Waals surface area contributed by atoms with Gasteiger partial charge in [0.05, 0.1) is 21.3 Å². The summed E-state index contributed by atoms with van der Waals surface area (Å²) in [5.74, 6) is 1.37. The van der Waals surface area contributed by atoms with Crippen LogP contribution in [0, 0.1) is 0 Å². The Kier molecular flexibility index (Phi) is 7.18. The van der Waals surface area contributed by atoms with E-state index >= 15 is 0 Å². The summed E-state index contributed by atoms with van der Waals surface area (Å²) in [4.78, 5) is 23.0. The SMILES string of the molecule is COc1cc(NC(=O)c2ccnc(NCCN(C)C)n2)cc(OC)c1OC. The van der Waals surface area contributed by atoms with Crippen molar-refractivity contribution in [3.05, 3.63) is 30.1 Å². The lowest BCUT2D eigenvalue weighted by atomic mass is 10.2. The molecule has 0 aliphatic rings. The van der Waals surface area contributed by atoms with Crippen LogP contribution in [0.3, 0.4) is 0 Å². The number of methoxy groups -OCH3 is 3. The standard InChI is InChI=1S/C18H25N5O4/c1-23(2)9-8-20-18-19-7-6-13(22-18)17(24)21-12-10-14(25-3)16(27-5)15(11-12)26-4/h6-7,10-11H,8-9H2,1-5H3,(H,21,24)(H,19,20,22). The zero-order valence-electron chi connectivity index (χ0n) is 16.2. The number of nitrogens with one attached hydrogen (secondary N) is 2. The number of anilines is 2. The van der Waals surface area contributed by atoms with E-state index in [-0.39, 0.29) is 11.6 Å². The van der Waals surface area contributed by atoms with Gasteiger partial charge >= 0.3 is 0 Å². The van der Waals surface area contributed by atoms with E-state index in [1.165, 1.54) is 27.5 Å². The van der Waals surface area contributed by atoms with Crippen LogP contribution in [0.2, 0.25) is 0 Å². The topological polar surface area (TPSA) is 97.8 Å². The Morgan fingerprint density at radius 1 is 1.11 bits per heavy atom. The smallest absolute Gasteiger partial charge is 0.274 e. The van der Waals surface area contributed by atoms with Crippen LogP contribution in [0.15, 0.2) is 24.4 Å². The zero-order chi connectivity index (χ0) is 19.8. The monoisotopic (exact) mass is 375 g/mol. The molecule has 9 heteroatoms. The van der Waals surface area contributed by atoms with Crippen molar-refractivity contribution in [2.75, 3.05) is 59.1 Å². The molecule has 0 fully saturated rings. The number of hydrogen-bond donors (Lipinski definition) is 2. The molecule has 0 saturated carbocycles. The number of carbonyl (C=O) groups is 1. The maximum absolute atomic E-state index is 12.6. The first-order valence-corrected chi connectivity index (χ1v) is 8.31. The van der Waals surface area contributed by atoms with Gasteiger partial charge in [0.25, 0.3) is 5.91 Å². The number of rotatable bonds is 9. The van der Waals surface area contributed by atoms with E-state index in [2.05, 4.69) is 20.6 Å².